The van der Waals surface area contributed by atoms with Crippen molar-refractivity contribution in [1.82, 2.24) is 4.81 Å². The standard InChI is InChI=1S/C12H18BN/c1-9(2)11-5-3-4-10-8-14(13)7-6-12(10)11/h3-5,9H,6-8,13H2,1-2H3. The smallest absolute Gasteiger partial charge is 0.185 e. The Balaban J connectivity index is 2.41. The van der Waals surface area contributed by atoms with E-state index in [-0.39, 0.29) is 0 Å². The fourth-order valence-corrected chi connectivity index (χ4v) is 2.32. The van der Waals surface area contributed by atoms with Crippen molar-refractivity contribution >= 4 is 7.98 Å². The maximum atomic E-state index is 2.40. The lowest BCUT2D eigenvalue weighted by atomic mass is 9.88. The molecule has 1 aromatic carbocycles. The number of rotatable bonds is 1. The molecule has 2 rings (SSSR count). The highest BCUT2D eigenvalue weighted by Crippen LogP contribution is 2.26. The number of fused-ring (bicyclic) bond motifs is 1. The molecule has 0 unspecified atom stereocenters. The fourth-order valence-electron chi connectivity index (χ4n) is 2.32. The van der Waals surface area contributed by atoms with E-state index in [0.717, 1.165) is 6.54 Å². The van der Waals surface area contributed by atoms with E-state index in [1.165, 1.54) is 18.5 Å². The summed E-state index contributed by atoms with van der Waals surface area (Å²) in [5.74, 6) is 0.661. The lowest BCUT2D eigenvalue weighted by Gasteiger charge is -2.28. The van der Waals surface area contributed by atoms with Crippen LogP contribution in [0.4, 0.5) is 0 Å². The first-order valence-corrected chi connectivity index (χ1v) is 5.47. The summed E-state index contributed by atoms with van der Waals surface area (Å²) in [7, 11) is 2.20. The van der Waals surface area contributed by atoms with Crippen molar-refractivity contribution in [2.75, 3.05) is 6.54 Å². The molecule has 0 radical (unpaired) electrons. The molecule has 0 saturated carbocycles. The number of hydrogen-bond donors (Lipinski definition) is 0. The highest BCUT2D eigenvalue weighted by molar-refractivity contribution is 6.04. The molecule has 74 valence electrons. The van der Waals surface area contributed by atoms with Crippen molar-refractivity contribution in [2.24, 2.45) is 0 Å². The largest absolute Gasteiger partial charge is 0.345 e. The first-order valence-electron chi connectivity index (χ1n) is 5.47. The quantitative estimate of drug-likeness (QED) is 0.605. The Morgan fingerprint density at radius 1 is 1.36 bits per heavy atom. The van der Waals surface area contributed by atoms with Crippen LogP contribution < -0.4 is 0 Å². The van der Waals surface area contributed by atoms with E-state index in [2.05, 4.69) is 44.8 Å². The average Bonchev–Trinajstić information content (AvgIpc) is 2.16. The molecule has 0 N–H and O–H groups in total. The number of nitrogens with zero attached hydrogens (tertiary/aromatic N) is 1. The second-order valence-corrected chi connectivity index (χ2v) is 4.63. The van der Waals surface area contributed by atoms with E-state index >= 15 is 0 Å². The third kappa shape index (κ3) is 1.71. The van der Waals surface area contributed by atoms with Gasteiger partial charge in [-0.3, -0.25) is 0 Å². The topological polar surface area (TPSA) is 3.24 Å². The van der Waals surface area contributed by atoms with Crippen LogP contribution in [0, 0.1) is 0 Å². The van der Waals surface area contributed by atoms with Gasteiger partial charge in [0.1, 0.15) is 0 Å². The maximum absolute atomic E-state index is 2.40. The van der Waals surface area contributed by atoms with Crippen molar-refractivity contribution in [3.05, 3.63) is 34.9 Å². The van der Waals surface area contributed by atoms with Gasteiger partial charge in [0, 0.05) is 6.54 Å². The fraction of sp³-hybridized carbons (Fsp3) is 0.500. The predicted octanol–water partition coefficient (Wildman–Crippen LogP) is 1.72. The van der Waals surface area contributed by atoms with Gasteiger partial charge in [-0.25, -0.2) is 0 Å². The summed E-state index contributed by atoms with van der Waals surface area (Å²) in [5, 5.41) is 0. The van der Waals surface area contributed by atoms with Gasteiger partial charge in [0.05, 0.1) is 0 Å². The van der Waals surface area contributed by atoms with Gasteiger partial charge < -0.3 is 4.81 Å². The lowest BCUT2D eigenvalue weighted by Crippen LogP contribution is -2.28. The maximum Gasteiger partial charge on any atom is 0.185 e. The van der Waals surface area contributed by atoms with Crippen LogP contribution in [0.2, 0.25) is 0 Å². The van der Waals surface area contributed by atoms with Crippen LogP contribution >= 0.6 is 0 Å². The molecule has 0 spiro atoms. The molecule has 1 heterocycles. The summed E-state index contributed by atoms with van der Waals surface area (Å²) >= 11 is 0. The summed E-state index contributed by atoms with van der Waals surface area (Å²) in [6, 6.07) is 6.76. The minimum absolute atomic E-state index is 0.661. The summed E-state index contributed by atoms with van der Waals surface area (Å²) < 4.78 is 0. The summed E-state index contributed by atoms with van der Waals surface area (Å²) in [6.45, 7) is 6.90. The van der Waals surface area contributed by atoms with Gasteiger partial charge in [-0.2, -0.15) is 0 Å². The van der Waals surface area contributed by atoms with E-state index in [0.29, 0.717) is 5.92 Å². The minimum atomic E-state index is 0.661. The van der Waals surface area contributed by atoms with Crippen LogP contribution in [0.15, 0.2) is 18.2 Å². The molecule has 0 bridgehead atoms. The zero-order chi connectivity index (χ0) is 10.1. The molecule has 0 saturated heterocycles. The van der Waals surface area contributed by atoms with Crippen molar-refractivity contribution in [2.45, 2.75) is 32.7 Å². The van der Waals surface area contributed by atoms with Crippen LogP contribution in [0.3, 0.4) is 0 Å². The molecular formula is C12H18BN. The van der Waals surface area contributed by atoms with Crippen LogP contribution in [0.5, 0.6) is 0 Å². The van der Waals surface area contributed by atoms with E-state index in [4.69, 9.17) is 0 Å². The zero-order valence-electron chi connectivity index (χ0n) is 9.38. The van der Waals surface area contributed by atoms with E-state index in [9.17, 15) is 0 Å². The van der Waals surface area contributed by atoms with Gasteiger partial charge in [-0.15, -0.1) is 0 Å². The van der Waals surface area contributed by atoms with E-state index in [1.54, 1.807) is 11.1 Å². The van der Waals surface area contributed by atoms with Crippen LogP contribution in [-0.2, 0) is 13.0 Å². The highest BCUT2D eigenvalue weighted by Gasteiger charge is 2.16. The molecule has 1 aliphatic rings. The average molecular weight is 187 g/mol. The van der Waals surface area contributed by atoms with E-state index in [1.807, 2.05) is 0 Å². The first-order chi connectivity index (χ1) is 6.68. The predicted molar refractivity (Wildman–Crippen MR) is 63.2 cm³/mol. The zero-order valence-corrected chi connectivity index (χ0v) is 9.38. The Morgan fingerprint density at radius 3 is 2.86 bits per heavy atom. The van der Waals surface area contributed by atoms with Gasteiger partial charge in [-0.05, 0) is 35.6 Å². The molecule has 1 aliphatic heterocycles. The molecule has 14 heavy (non-hydrogen) atoms. The molecular weight excluding hydrogens is 169 g/mol. The van der Waals surface area contributed by atoms with Crippen molar-refractivity contribution in [3.8, 4) is 0 Å². The van der Waals surface area contributed by atoms with Gasteiger partial charge in [0.15, 0.2) is 7.98 Å². The second-order valence-electron chi connectivity index (χ2n) is 4.63. The first kappa shape index (κ1) is 9.79. The molecule has 0 amide bonds. The van der Waals surface area contributed by atoms with Crippen LogP contribution in [0.25, 0.3) is 0 Å². The van der Waals surface area contributed by atoms with Gasteiger partial charge in [0.2, 0.25) is 0 Å². The molecule has 0 aromatic heterocycles. The normalized spacial score (nSPS) is 17.1. The molecule has 1 aromatic rings. The number of benzene rings is 1. The Hall–Kier alpha value is -0.755. The Bertz CT molecular complexity index is 333. The van der Waals surface area contributed by atoms with Gasteiger partial charge in [-0.1, -0.05) is 32.0 Å². The monoisotopic (exact) mass is 187 g/mol. The Morgan fingerprint density at radius 2 is 2.14 bits per heavy atom. The van der Waals surface area contributed by atoms with Gasteiger partial charge >= 0.3 is 0 Å². The molecule has 1 nitrogen and oxygen atoms in total. The minimum Gasteiger partial charge on any atom is -0.345 e. The van der Waals surface area contributed by atoms with Crippen molar-refractivity contribution < 1.29 is 0 Å². The SMILES string of the molecule is BN1CCc2c(cccc2C(C)C)C1. The summed E-state index contributed by atoms with van der Waals surface area (Å²) in [6.07, 6.45) is 1.22. The Labute approximate surface area is 87.5 Å². The molecule has 2 heteroatoms. The number of hydrogen-bond acceptors (Lipinski definition) is 1. The second kappa shape index (κ2) is 3.78. The molecule has 0 aliphatic carbocycles. The third-order valence-corrected chi connectivity index (χ3v) is 3.12. The van der Waals surface area contributed by atoms with Gasteiger partial charge in [0.25, 0.3) is 0 Å². The van der Waals surface area contributed by atoms with Crippen LogP contribution in [-0.4, -0.2) is 19.3 Å². The molecule has 0 atom stereocenters. The summed E-state index contributed by atoms with van der Waals surface area (Å²) in [5.41, 5.74) is 4.70. The summed E-state index contributed by atoms with van der Waals surface area (Å²) in [4.78, 5) is 2.40. The Kier molecular flexibility index (Phi) is 2.64. The van der Waals surface area contributed by atoms with E-state index < -0.39 is 0 Å². The van der Waals surface area contributed by atoms with Crippen molar-refractivity contribution in [3.63, 3.8) is 0 Å². The molecule has 0 fully saturated rings. The highest BCUT2D eigenvalue weighted by atomic mass is 15.0. The van der Waals surface area contributed by atoms with Crippen molar-refractivity contribution in [1.29, 1.82) is 0 Å². The lowest BCUT2D eigenvalue weighted by molar-refractivity contribution is 0.425. The third-order valence-electron chi connectivity index (χ3n) is 3.12. The van der Waals surface area contributed by atoms with Crippen LogP contribution in [0.1, 0.15) is 36.5 Å².